The summed E-state index contributed by atoms with van der Waals surface area (Å²) in [6.07, 6.45) is 16.4. The zero-order chi connectivity index (χ0) is 15.9. The quantitative estimate of drug-likeness (QED) is 0.399. The number of ether oxygens (including phenoxy) is 1. The summed E-state index contributed by atoms with van der Waals surface area (Å²) in [7, 11) is 0. The lowest BCUT2D eigenvalue weighted by Gasteiger charge is -2.06. The predicted octanol–water partition coefficient (Wildman–Crippen LogP) is 6.47. The molecule has 0 aromatic heterocycles. The molecule has 0 fully saturated rings. The van der Waals surface area contributed by atoms with Crippen LogP contribution in [-0.2, 0) is 0 Å². The smallest absolute Gasteiger partial charge is 0.119 e. The molecule has 0 heterocycles. The minimum absolute atomic E-state index is 0.290. The fourth-order valence-corrected chi connectivity index (χ4v) is 2.68. The van der Waals surface area contributed by atoms with E-state index in [1.165, 1.54) is 70.6 Å². The lowest BCUT2D eigenvalue weighted by molar-refractivity contribution is 0.303. The van der Waals surface area contributed by atoms with E-state index in [0.29, 0.717) is 0 Å². The van der Waals surface area contributed by atoms with Crippen molar-refractivity contribution < 1.29 is 9.84 Å². The molecule has 1 aromatic carbocycles. The van der Waals surface area contributed by atoms with Crippen molar-refractivity contribution in [3.63, 3.8) is 0 Å². The van der Waals surface area contributed by atoms with E-state index in [0.717, 1.165) is 18.8 Å². The Morgan fingerprint density at radius 2 is 1.14 bits per heavy atom. The molecule has 1 N–H and O–H groups in total. The zero-order valence-electron chi connectivity index (χ0n) is 14.4. The number of hydrogen-bond donors (Lipinski definition) is 1. The van der Waals surface area contributed by atoms with Crippen molar-refractivity contribution in [2.24, 2.45) is 0 Å². The Morgan fingerprint density at radius 1 is 0.682 bits per heavy atom. The molecule has 0 aliphatic carbocycles. The molecule has 2 heteroatoms. The van der Waals surface area contributed by atoms with Gasteiger partial charge in [0.05, 0.1) is 6.61 Å². The van der Waals surface area contributed by atoms with Crippen molar-refractivity contribution in [3.8, 4) is 11.5 Å². The first kappa shape index (κ1) is 18.9. The molecule has 0 amide bonds. The van der Waals surface area contributed by atoms with Gasteiger partial charge in [-0.15, -0.1) is 0 Å². The van der Waals surface area contributed by atoms with E-state index in [2.05, 4.69) is 6.92 Å². The molecule has 0 unspecified atom stereocenters. The van der Waals surface area contributed by atoms with Crippen LogP contribution in [0.1, 0.15) is 84.0 Å². The zero-order valence-corrected chi connectivity index (χ0v) is 14.4. The highest BCUT2D eigenvalue weighted by atomic mass is 16.5. The van der Waals surface area contributed by atoms with Crippen LogP contribution in [0.2, 0.25) is 0 Å². The van der Waals surface area contributed by atoms with Gasteiger partial charge in [-0.25, -0.2) is 0 Å². The number of unbranched alkanes of at least 4 members (excludes halogenated alkanes) is 11. The van der Waals surface area contributed by atoms with Crippen molar-refractivity contribution in [2.75, 3.05) is 6.61 Å². The second-order valence-electron chi connectivity index (χ2n) is 6.23. The Bertz CT molecular complexity index is 345. The highest BCUT2D eigenvalue weighted by Gasteiger charge is 1.96. The van der Waals surface area contributed by atoms with Gasteiger partial charge in [-0.2, -0.15) is 0 Å². The Hall–Kier alpha value is -1.18. The molecule has 126 valence electrons. The van der Waals surface area contributed by atoms with Crippen molar-refractivity contribution in [2.45, 2.75) is 84.0 Å². The first-order valence-electron chi connectivity index (χ1n) is 9.24. The lowest BCUT2D eigenvalue weighted by atomic mass is 10.1. The first-order chi connectivity index (χ1) is 10.8. The molecule has 0 bridgehead atoms. The molecule has 0 saturated heterocycles. The Labute approximate surface area is 136 Å². The van der Waals surface area contributed by atoms with Crippen molar-refractivity contribution in [3.05, 3.63) is 24.3 Å². The fourth-order valence-electron chi connectivity index (χ4n) is 2.68. The summed E-state index contributed by atoms with van der Waals surface area (Å²) in [6.45, 7) is 3.05. The van der Waals surface area contributed by atoms with Gasteiger partial charge < -0.3 is 9.84 Å². The Balaban J connectivity index is 1.79. The molecule has 0 aliphatic rings. The Morgan fingerprint density at radius 3 is 1.64 bits per heavy atom. The fraction of sp³-hybridized carbons (Fsp3) is 0.700. The van der Waals surface area contributed by atoms with Gasteiger partial charge in [-0.1, -0.05) is 77.6 Å². The standard InChI is InChI=1S/C20H34O2/c1-2-3-4-5-6-7-8-9-10-11-12-13-18-22-20-16-14-19(21)15-17-20/h14-17,21H,2-13,18H2,1H3. The normalized spacial score (nSPS) is 10.8. The van der Waals surface area contributed by atoms with Gasteiger partial charge in [0.1, 0.15) is 11.5 Å². The number of hydrogen-bond acceptors (Lipinski definition) is 2. The van der Waals surface area contributed by atoms with E-state index in [1.54, 1.807) is 12.1 Å². The van der Waals surface area contributed by atoms with Crippen molar-refractivity contribution in [1.29, 1.82) is 0 Å². The maximum absolute atomic E-state index is 9.19. The van der Waals surface area contributed by atoms with Gasteiger partial charge in [0.2, 0.25) is 0 Å². The SMILES string of the molecule is CCCCCCCCCCCCCCOc1ccc(O)cc1. The van der Waals surface area contributed by atoms with Gasteiger partial charge in [0.25, 0.3) is 0 Å². The summed E-state index contributed by atoms with van der Waals surface area (Å²) in [5.41, 5.74) is 0. The second-order valence-corrected chi connectivity index (χ2v) is 6.23. The van der Waals surface area contributed by atoms with Crippen LogP contribution in [0.5, 0.6) is 11.5 Å². The molecule has 0 saturated carbocycles. The molecule has 0 spiro atoms. The van der Waals surface area contributed by atoms with Crippen LogP contribution in [0.25, 0.3) is 0 Å². The third-order valence-electron chi connectivity index (χ3n) is 4.10. The number of phenolic OH excluding ortho intramolecular Hbond substituents is 1. The van der Waals surface area contributed by atoms with Crippen LogP contribution in [0.15, 0.2) is 24.3 Å². The number of benzene rings is 1. The van der Waals surface area contributed by atoms with Gasteiger partial charge >= 0.3 is 0 Å². The second kappa shape index (κ2) is 13.5. The summed E-state index contributed by atoms with van der Waals surface area (Å²) in [5, 5.41) is 9.19. The van der Waals surface area contributed by atoms with Crippen LogP contribution in [-0.4, -0.2) is 11.7 Å². The molecule has 1 aromatic rings. The molecule has 2 nitrogen and oxygen atoms in total. The van der Waals surface area contributed by atoms with E-state index in [1.807, 2.05) is 12.1 Å². The third-order valence-corrected chi connectivity index (χ3v) is 4.10. The monoisotopic (exact) mass is 306 g/mol. The first-order valence-corrected chi connectivity index (χ1v) is 9.24. The van der Waals surface area contributed by atoms with E-state index in [-0.39, 0.29) is 5.75 Å². The van der Waals surface area contributed by atoms with E-state index < -0.39 is 0 Å². The molecule has 0 aliphatic heterocycles. The van der Waals surface area contributed by atoms with E-state index in [4.69, 9.17) is 4.74 Å². The predicted molar refractivity (Wildman–Crippen MR) is 94.7 cm³/mol. The maximum atomic E-state index is 9.19. The van der Waals surface area contributed by atoms with Crippen LogP contribution in [0.3, 0.4) is 0 Å². The maximum Gasteiger partial charge on any atom is 0.119 e. The summed E-state index contributed by atoms with van der Waals surface area (Å²) >= 11 is 0. The van der Waals surface area contributed by atoms with Crippen LogP contribution in [0.4, 0.5) is 0 Å². The topological polar surface area (TPSA) is 29.5 Å². The Kier molecular flexibility index (Phi) is 11.6. The molecular formula is C20H34O2. The number of rotatable bonds is 14. The average Bonchev–Trinajstić information content (AvgIpc) is 2.53. The van der Waals surface area contributed by atoms with Gasteiger partial charge in [0, 0.05) is 0 Å². The molecule has 22 heavy (non-hydrogen) atoms. The lowest BCUT2D eigenvalue weighted by Crippen LogP contribution is -1.96. The van der Waals surface area contributed by atoms with Crippen LogP contribution >= 0.6 is 0 Å². The minimum Gasteiger partial charge on any atom is -0.508 e. The summed E-state index contributed by atoms with van der Waals surface area (Å²) in [4.78, 5) is 0. The summed E-state index contributed by atoms with van der Waals surface area (Å²) in [5.74, 6) is 1.14. The molecule has 0 atom stereocenters. The average molecular weight is 306 g/mol. The molecule has 0 radical (unpaired) electrons. The highest BCUT2D eigenvalue weighted by Crippen LogP contribution is 2.16. The number of phenols is 1. The van der Waals surface area contributed by atoms with Gasteiger partial charge in [-0.3, -0.25) is 0 Å². The highest BCUT2D eigenvalue weighted by molar-refractivity contribution is 5.29. The third kappa shape index (κ3) is 10.5. The van der Waals surface area contributed by atoms with E-state index in [9.17, 15) is 5.11 Å². The van der Waals surface area contributed by atoms with Crippen molar-refractivity contribution >= 4 is 0 Å². The van der Waals surface area contributed by atoms with Gasteiger partial charge in [0.15, 0.2) is 0 Å². The summed E-state index contributed by atoms with van der Waals surface area (Å²) in [6, 6.07) is 6.96. The van der Waals surface area contributed by atoms with Gasteiger partial charge in [-0.05, 0) is 30.7 Å². The van der Waals surface area contributed by atoms with Crippen molar-refractivity contribution in [1.82, 2.24) is 0 Å². The van der Waals surface area contributed by atoms with Crippen LogP contribution < -0.4 is 4.74 Å². The summed E-state index contributed by atoms with van der Waals surface area (Å²) < 4.78 is 5.64. The van der Waals surface area contributed by atoms with E-state index >= 15 is 0 Å². The minimum atomic E-state index is 0.290. The number of aromatic hydroxyl groups is 1. The largest absolute Gasteiger partial charge is 0.508 e. The van der Waals surface area contributed by atoms with Crippen LogP contribution in [0, 0.1) is 0 Å². The molecular weight excluding hydrogens is 272 g/mol. The molecule has 1 rings (SSSR count).